The standard InChI is InChI=1S/C25H33N3O2Si/c1-27(2)17-21-8-6-20(7-9-21)11-13-24-23-12-10-22(18-29)16-25(23)28(26-24)19-30-14-15-31(3,4)5/h6-13,16,18H,14-15,17,19H2,1-5H3/b13-11+. The van der Waals surface area contributed by atoms with E-state index in [1.54, 1.807) is 0 Å². The van der Waals surface area contributed by atoms with Crippen LogP contribution in [0, 0.1) is 0 Å². The molecular weight excluding hydrogens is 402 g/mol. The molecular formula is C25H33N3O2Si. The first-order valence-electron chi connectivity index (χ1n) is 10.7. The van der Waals surface area contributed by atoms with Crippen LogP contribution in [0.15, 0.2) is 42.5 Å². The van der Waals surface area contributed by atoms with Gasteiger partial charge >= 0.3 is 0 Å². The van der Waals surface area contributed by atoms with Gasteiger partial charge in [0.25, 0.3) is 0 Å². The maximum Gasteiger partial charge on any atom is 0.150 e. The normalized spacial score (nSPS) is 12.3. The molecule has 0 radical (unpaired) electrons. The molecule has 0 aliphatic rings. The second-order valence-corrected chi connectivity index (χ2v) is 15.1. The largest absolute Gasteiger partial charge is 0.360 e. The summed E-state index contributed by atoms with van der Waals surface area (Å²) in [6.07, 6.45) is 4.97. The van der Waals surface area contributed by atoms with Crippen LogP contribution < -0.4 is 0 Å². The number of nitrogens with zero attached hydrogens (tertiary/aromatic N) is 3. The summed E-state index contributed by atoms with van der Waals surface area (Å²) < 4.78 is 7.77. The van der Waals surface area contributed by atoms with E-state index < -0.39 is 8.07 Å². The van der Waals surface area contributed by atoms with Crippen LogP contribution >= 0.6 is 0 Å². The highest BCUT2D eigenvalue weighted by atomic mass is 28.3. The Hall–Kier alpha value is -2.54. The molecule has 0 fully saturated rings. The lowest BCUT2D eigenvalue weighted by molar-refractivity contribution is 0.0816. The van der Waals surface area contributed by atoms with E-state index in [-0.39, 0.29) is 0 Å². The van der Waals surface area contributed by atoms with Crippen molar-refractivity contribution in [2.45, 2.75) is 39.0 Å². The molecule has 0 aliphatic carbocycles. The van der Waals surface area contributed by atoms with Crippen LogP contribution in [0.3, 0.4) is 0 Å². The van der Waals surface area contributed by atoms with Gasteiger partial charge < -0.3 is 9.64 Å². The summed E-state index contributed by atoms with van der Waals surface area (Å²) >= 11 is 0. The highest BCUT2D eigenvalue weighted by Gasteiger charge is 2.13. The van der Waals surface area contributed by atoms with Gasteiger partial charge in [0.05, 0.1) is 11.2 Å². The minimum atomic E-state index is -1.14. The van der Waals surface area contributed by atoms with E-state index in [0.717, 1.165) is 47.6 Å². The van der Waals surface area contributed by atoms with Crippen molar-refractivity contribution in [3.63, 3.8) is 0 Å². The molecule has 0 atom stereocenters. The first-order chi connectivity index (χ1) is 14.7. The average molecular weight is 436 g/mol. The first-order valence-corrected chi connectivity index (χ1v) is 14.4. The number of aldehydes is 1. The van der Waals surface area contributed by atoms with E-state index in [0.29, 0.717) is 12.3 Å². The Morgan fingerprint density at radius 1 is 1.03 bits per heavy atom. The molecule has 0 saturated heterocycles. The van der Waals surface area contributed by atoms with E-state index in [4.69, 9.17) is 9.84 Å². The van der Waals surface area contributed by atoms with Crippen molar-refractivity contribution in [1.29, 1.82) is 0 Å². The zero-order valence-corrected chi connectivity index (χ0v) is 20.3. The Labute approximate surface area is 186 Å². The number of ether oxygens (including phenoxy) is 1. The van der Waals surface area contributed by atoms with Gasteiger partial charge in [-0.1, -0.05) is 56.0 Å². The summed E-state index contributed by atoms with van der Waals surface area (Å²) in [6.45, 7) is 9.06. The number of rotatable bonds is 10. The van der Waals surface area contributed by atoms with Gasteiger partial charge in [-0.05, 0) is 49.5 Å². The van der Waals surface area contributed by atoms with Gasteiger partial charge in [0.2, 0.25) is 0 Å². The van der Waals surface area contributed by atoms with Gasteiger partial charge in [0.1, 0.15) is 13.0 Å². The van der Waals surface area contributed by atoms with Crippen molar-refractivity contribution in [2.24, 2.45) is 0 Å². The number of carbonyl (C=O) groups is 1. The fraction of sp³-hybridized carbons (Fsp3) is 0.360. The van der Waals surface area contributed by atoms with Crippen LogP contribution in [0.1, 0.15) is 27.2 Å². The van der Waals surface area contributed by atoms with Gasteiger partial charge in [-0.2, -0.15) is 5.10 Å². The molecule has 0 aliphatic heterocycles. The molecule has 3 rings (SSSR count). The Morgan fingerprint density at radius 2 is 1.74 bits per heavy atom. The van der Waals surface area contributed by atoms with Crippen LogP contribution in [0.2, 0.25) is 25.7 Å². The Balaban J connectivity index is 1.81. The fourth-order valence-corrected chi connectivity index (χ4v) is 4.07. The number of aromatic nitrogens is 2. The maximum absolute atomic E-state index is 11.3. The summed E-state index contributed by atoms with van der Waals surface area (Å²) in [7, 11) is 3.00. The van der Waals surface area contributed by atoms with Crippen LogP contribution in [-0.4, -0.2) is 49.7 Å². The monoisotopic (exact) mass is 435 g/mol. The van der Waals surface area contributed by atoms with Crippen molar-refractivity contribution >= 4 is 37.4 Å². The molecule has 31 heavy (non-hydrogen) atoms. The molecule has 0 bridgehead atoms. The minimum Gasteiger partial charge on any atom is -0.360 e. The van der Waals surface area contributed by atoms with Crippen LogP contribution in [0.5, 0.6) is 0 Å². The van der Waals surface area contributed by atoms with E-state index in [9.17, 15) is 4.79 Å². The Bertz CT molecular complexity index is 1050. The number of benzene rings is 2. The third-order valence-corrected chi connectivity index (χ3v) is 6.77. The van der Waals surface area contributed by atoms with Gasteiger partial charge in [0.15, 0.2) is 0 Å². The highest BCUT2D eigenvalue weighted by Crippen LogP contribution is 2.22. The maximum atomic E-state index is 11.3. The number of hydrogen-bond acceptors (Lipinski definition) is 4. The van der Waals surface area contributed by atoms with Crippen LogP contribution in [-0.2, 0) is 18.0 Å². The van der Waals surface area contributed by atoms with Gasteiger partial charge in [0, 0.05) is 32.2 Å². The number of fused-ring (bicyclic) bond motifs is 1. The first kappa shape index (κ1) is 23.1. The van der Waals surface area contributed by atoms with E-state index in [1.807, 2.05) is 29.0 Å². The molecule has 0 amide bonds. The Morgan fingerprint density at radius 3 is 2.39 bits per heavy atom. The highest BCUT2D eigenvalue weighted by molar-refractivity contribution is 6.76. The van der Waals surface area contributed by atoms with Crippen LogP contribution in [0.25, 0.3) is 23.1 Å². The lowest BCUT2D eigenvalue weighted by atomic mass is 10.1. The summed E-state index contributed by atoms with van der Waals surface area (Å²) in [6, 6.07) is 15.3. The second-order valence-electron chi connectivity index (χ2n) is 9.44. The molecule has 2 aromatic carbocycles. The summed E-state index contributed by atoms with van der Waals surface area (Å²) in [5.41, 5.74) is 4.84. The van der Waals surface area contributed by atoms with Crippen molar-refractivity contribution < 1.29 is 9.53 Å². The molecule has 6 heteroatoms. The fourth-order valence-electron chi connectivity index (χ4n) is 3.32. The molecule has 0 unspecified atom stereocenters. The summed E-state index contributed by atoms with van der Waals surface area (Å²) in [5.74, 6) is 0. The zero-order valence-electron chi connectivity index (χ0n) is 19.3. The van der Waals surface area contributed by atoms with Crippen molar-refractivity contribution in [3.05, 3.63) is 64.8 Å². The van der Waals surface area contributed by atoms with Crippen molar-refractivity contribution in [3.8, 4) is 0 Å². The SMILES string of the molecule is CN(C)Cc1ccc(/C=C/c2nn(COCC[Si](C)(C)C)c3cc(C=O)ccc23)cc1. The second kappa shape index (κ2) is 10.2. The Kier molecular flexibility index (Phi) is 7.59. The molecule has 1 aromatic heterocycles. The van der Waals surface area contributed by atoms with E-state index >= 15 is 0 Å². The third-order valence-electron chi connectivity index (χ3n) is 5.06. The molecule has 0 N–H and O–H groups in total. The molecule has 3 aromatic rings. The summed E-state index contributed by atoms with van der Waals surface area (Å²) in [4.78, 5) is 13.4. The van der Waals surface area contributed by atoms with Gasteiger partial charge in [-0.3, -0.25) is 4.79 Å². The quantitative estimate of drug-likeness (QED) is 0.243. The van der Waals surface area contributed by atoms with Gasteiger partial charge in [-0.15, -0.1) is 0 Å². The topological polar surface area (TPSA) is 47.4 Å². The third kappa shape index (κ3) is 6.72. The molecule has 0 spiro atoms. The van der Waals surface area contributed by atoms with Crippen molar-refractivity contribution in [2.75, 3.05) is 20.7 Å². The lowest BCUT2D eigenvalue weighted by Gasteiger charge is -2.15. The molecule has 1 heterocycles. The number of carbonyl (C=O) groups excluding carboxylic acids is 1. The predicted molar refractivity (Wildman–Crippen MR) is 132 cm³/mol. The molecule has 0 saturated carbocycles. The zero-order chi connectivity index (χ0) is 22.4. The van der Waals surface area contributed by atoms with Crippen LogP contribution in [0.4, 0.5) is 0 Å². The van der Waals surface area contributed by atoms with Gasteiger partial charge in [-0.25, -0.2) is 4.68 Å². The summed E-state index contributed by atoms with van der Waals surface area (Å²) in [5, 5.41) is 5.78. The van der Waals surface area contributed by atoms with Crippen molar-refractivity contribution in [1.82, 2.24) is 14.7 Å². The molecule has 164 valence electrons. The number of hydrogen-bond donors (Lipinski definition) is 0. The lowest BCUT2D eigenvalue weighted by Crippen LogP contribution is -2.22. The smallest absolute Gasteiger partial charge is 0.150 e. The van der Waals surface area contributed by atoms with E-state index in [2.05, 4.69) is 69.0 Å². The molecule has 5 nitrogen and oxygen atoms in total. The predicted octanol–water partition coefficient (Wildman–Crippen LogP) is 5.39. The van der Waals surface area contributed by atoms with E-state index in [1.165, 1.54) is 5.56 Å². The minimum absolute atomic E-state index is 0.385. The average Bonchev–Trinajstić information content (AvgIpc) is 3.06.